The van der Waals surface area contributed by atoms with Crippen molar-refractivity contribution in [3.63, 3.8) is 0 Å². The Bertz CT molecular complexity index is 692. The van der Waals surface area contributed by atoms with E-state index >= 15 is 0 Å². The van der Waals surface area contributed by atoms with Crippen molar-refractivity contribution >= 4 is 11.7 Å². The van der Waals surface area contributed by atoms with E-state index in [2.05, 4.69) is 15.5 Å². The van der Waals surface area contributed by atoms with Crippen molar-refractivity contribution in [1.82, 2.24) is 15.5 Å². The normalized spacial score (nSPS) is 11.8. The van der Waals surface area contributed by atoms with E-state index in [4.69, 9.17) is 4.74 Å². The lowest BCUT2D eigenvalue weighted by Gasteiger charge is -2.13. The molecule has 0 fully saturated rings. The molecular weight excluding hydrogens is 306 g/mol. The van der Waals surface area contributed by atoms with Crippen LogP contribution in [0.1, 0.15) is 42.0 Å². The van der Waals surface area contributed by atoms with Gasteiger partial charge in [-0.3, -0.25) is 14.7 Å². The smallest absolute Gasteiger partial charge is 0.258 e. The lowest BCUT2D eigenvalue weighted by Crippen LogP contribution is -2.37. The molecule has 0 aliphatic carbocycles. The number of aromatic nitrogens is 2. The topological polar surface area (TPSA) is 84.1 Å². The minimum Gasteiger partial charge on any atom is -0.484 e. The maximum absolute atomic E-state index is 11.9. The summed E-state index contributed by atoms with van der Waals surface area (Å²) in [6.07, 6.45) is 1.12. The summed E-state index contributed by atoms with van der Waals surface area (Å²) in [7, 11) is 0. The number of benzene rings is 1. The molecule has 0 unspecified atom stereocenters. The molecule has 1 atom stereocenters. The van der Waals surface area contributed by atoms with E-state index in [1.54, 1.807) is 24.3 Å². The summed E-state index contributed by atoms with van der Waals surface area (Å²) in [5.74, 6) is 0.457. The number of aryl methyl sites for hydroxylation is 1. The van der Waals surface area contributed by atoms with Gasteiger partial charge in [0, 0.05) is 30.1 Å². The van der Waals surface area contributed by atoms with Crippen molar-refractivity contribution < 1.29 is 14.3 Å². The number of Topliss-reactive ketones (excluding diaryl/α,β-unsaturated/α-hetero) is 1. The molecule has 2 rings (SSSR count). The number of ketones is 1. The molecule has 0 spiro atoms. The van der Waals surface area contributed by atoms with Crippen molar-refractivity contribution in [3.8, 4) is 5.75 Å². The van der Waals surface area contributed by atoms with Crippen molar-refractivity contribution in [2.24, 2.45) is 0 Å². The Morgan fingerprint density at radius 2 is 2.00 bits per heavy atom. The maximum Gasteiger partial charge on any atom is 0.258 e. The number of nitrogens with zero attached hydrogens (tertiary/aromatic N) is 1. The number of carbonyl (C=O) groups is 2. The Kier molecular flexibility index (Phi) is 6.12. The van der Waals surface area contributed by atoms with Crippen molar-refractivity contribution in [2.75, 3.05) is 6.61 Å². The van der Waals surface area contributed by atoms with Crippen LogP contribution in [0.3, 0.4) is 0 Å². The van der Waals surface area contributed by atoms with Crippen molar-refractivity contribution in [2.45, 2.75) is 39.7 Å². The monoisotopic (exact) mass is 329 g/mol. The van der Waals surface area contributed by atoms with Gasteiger partial charge in [-0.15, -0.1) is 0 Å². The van der Waals surface area contributed by atoms with Crippen LogP contribution in [-0.4, -0.2) is 34.5 Å². The average Bonchev–Trinajstić information content (AvgIpc) is 2.97. The molecule has 1 aromatic heterocycles. The summed E-state index contributed by atoms with van der Waals surface area (Å²) < 4.78 is 5.45. The van der Waals surface area contributed by atoms with Gasteiger partial charge in [0.25, 0.3) is 5.91 Å². The fourth-order valence-corrected chi connectivity index (χ4v) is 2.35. The molecule has 2 N–H and O–H groups in total. The Morgan fingerprint density at radius 3 is 2.58 bits per heavy atom. The quantitative estimate of drug-likeness (QED) is 0.729. The summed E-state index contributed by atoms with van der Waals surface area (Å²) in [4.78, 5) is 23.5. The lowest BCUT2D eigenvalue weighted by atomic mass is 10.1. The summed E-state index contributed by atoms with van der Waals surface area (Å²) in [6, 6.07) is 8.74. The van der Waals surface area contributed by atoms with E-state index < -0.39 is 0 Å². The summed E-state index contributed by atoms with van der Waals surface area (Å²) >= 11 is 0. The van der Waals surface area contributed by atoms with E-state index in [0.29, 0.717) is 24.2 Å². The molecule has 128 valence electrons. The number of hydrogen-bond acceptors (Lipinski definition) is 4. The molecule has 0 saturated carbocycles. The van der Waals surface area contributed by atoms with E-state index in [9.17, 15) is 9.59 Å². The third kappa shape index (κ3) is 5.22. The van der Waals surface area contributed by atoms with E-state index in [1.807, 2.05) is 26.8 Å². The molecule has 1 amide bonds. The summed E-state index contributed by atoms with van der Waals surface area (Å²) in [5, 5.41) is 9.90. The van der Waals surface area contributed by atoms with Crippen LogP contribution >= 0.6 is 0 Å². The number of nitrogens with one attached hydrogen (secondary N) is 2. The lowest BCUT2D eigenvalue weighted by molar-refractivity contribution is -0.123. The fraction of sp³-hybridized carbons (Fsp3) is 0.389. The largest absolute Gasteiger partial charge is 0.484 e. The number of hydrogen-bond donors (Lipinski definition) is 2. The molecule has 6 nitrogen and oxygen atoms in total. The third-order valence-corrected chi connectivity index (χ3v) is 3.55. The molecule has 0 saturated heterocycles. The second-order valence-electron chi connectivity index (χ2n) is 5.80. The van der Waals surface area contributed by atoms with Gasteiger partial charge in [-0.25, -0.2) is 0 Å². The number of rotatable bonds is 8. The van der Waals surface area contributed by atoms with E-state index in [0.717, 1.165) is 11.4 Å². The summed E-state index contributed by atoms with van der Waals surface area (Å²) in [5.41, 5.74) is 2.56. The van der Waals surface area contributed by atoms with Crippen LogP contribution in [-0.2, 0) is 11.2 Å². The van der Waals surface area contributed by atoms with Gasteiger partial charge in [0.15, 0.2) is 12.4 Å². The first kappa shape index (κ1) is 17.7. The molecule has 6 heteroatoms. The maximum atomic E-state index is 11.9. The van der Waals surface area contributed by atoms with Gasteiger partial charge < -0.3 is 10.1 Å². The molecule has 24 heavy (non-hydrogen) atoms. The van der Waals surface area contributed by atoms with Crippen LogP contribution in [0.5, 0.6) is 5.75 Å². The van der Waals surface area contributed by atoms with E-state index in [-0.39, 0.29) is 24.3 Å². The van der Waals surface area contributed by atoms with Gasteiger partial charge in [-0.05, 0) is 44.2 Å². The third-order valence-electron chi connectivity index (χ3n) is 3.55. The molecular formula is C18H23N3O3. The van der Waals surface area contributed by atoms with Crippen molar-refractivity contribution in [3.05, 3.63) is 47.3 Å². The first-order valence-corrected chi connectivity index (χ1v) is 8.04. The van der Waals surface area contributed by atoms with Gasteiger partial charge in [0.2, 0.25) is 0 Å². The highest BCUT2D eigenvalue weighted by molar-refractivity contribution is 5.95. The first-order valence-electron chi connectivity index (χ1n) is 8.04. The SMILES string of the molecule is CCC(=O)c1ccc(OCC(=O)N[C@H](C)Cc2cc(C)[nH]n2)cc1. The van der Waals surface area contributed by atoms with Gasteiger partial charge in [0.05, 0.1) is 5.69 Å². The highest BCUT2D eigenvalue weighted by atomic mass is 16.5. The second kappa shape index (κ2) is 8.29. The number of ether oxygens (including phenoxy) is 1. The molecule has 0 bridgehead atoms. The standard InChI is InChI=1S/C18H23N3O3/c1-4-17(22)14-5-7-16(8-6-14)24-11-18(23)19-12(2)9-15-10-13(3)20-21-15/h5-8,10,12H,4,9,11H2,1-3H3,(H,19,23)(H,20,21)/t12-/m1/s1. The molecule has 0 aliphatic rings. The fourth-order valence-electron chi connectivity index (χ4n) is 2.35. The average molecular weight is 329 g/mol. The van der Waals surface area contributed by atoms with Gasteiger partial charge >= 0.3 is 0 Å². The Hall–Kier alpha value is -2.63. The molecule has 0 radical (unpaired) electrons. The van der Waals surface area contributed by atoms with Gasteiger partial charge in [-0.1, -0.05) is 6.92 Å². The predicted octanol–water partition coefficient (Wildman–Crippen LogP) is 2.44. The number of H-pyrrole nitrogens is 1. The van der Waals surface area contributed by atoms with Crippen LogP contribution in [0.15, 0.2) is 30.3 Å². The zero-order valence-corrected chi connectivity index (χ0v) is 14.3. The number of carbonyl (C=O) groups excluding carboxylic acids is 2. The highest BCUT2D eigenvalue weighted by Crippen LogP contribution is 2.13. The Morgan fingerprint density at radius 1 is 1.29 bits per heavy atom. The highest BCUT2D eigenvalue weighted by Gasteiger charge is 2.11. The van der Waals surface area contributed by atoms with Crippen LogP contribution in [0, 0.1) is 6.92 Å². The Labute approximate surface area is 141 Å². The van der Waals surface area contributed by atoms with Crippen LogP contribution in [0.2, 0.25) is 0 Å². The molecule has 1 aromatic carbocycles. The molecule has 2 aromatic rings. The summed E-state index contributed by atoms with van der Waals surface area (Å²) in [6.45, 7) is 5.62. The van der Waals surface area contributed by atoms with Crippen LogP contribution in [0.25, 0.3) is 0 Å². The van der Waals surface area contributed by atoms with Gasteiger partial charge in [-0.2, -0.15) is 5.10 Å². The van der Waals surface area contributed by atoms with Crippen LogP contribution < -0.4 is 10.1 Å². The predicted molar refractivity (Wildman–Crippen MR) is 91.2 cm³/mol. The molecule has 0 aliphatic heterocycles. The van der Waals surface area contributed by atoms with Crippen molar-refractivity contribution in [1.29, 1.82) is 0 Å². The Balaban J connectivity index is 1.77. The van der Waals surface area contributed by atoms with Crippen LogP contribution in [0.4, 0.5) is 0 Å². The van der Waals surface area contributed by atoms with E-state index in [1.165, 1.54) is 0 Å². The zero-order chi connectivity index (χ0) is 17.5. The first-order chi connectivity index (χ1) is 11.5. The second-order valence-corrected chi connectivity index (χ2v) is 5.80. The minimum atomic E-state index is -0.191. The minimum absolute atomic E-state index is 0.0339. The number of aromatic amines is 1. The molecule has 1 heterocycles. The van der Waals surface area contributed by atoms with Gasteiger partial charge in [0.1, 0.15) is 5.75 Å². The number of amides is 1. The zero-order valence-electron chi connectivity index (χ0n) is 14.3.